The molecule has 0 aromatic heterocycles. The van der Waals surface area contributed by atoms with Crippen LogP contribution in [0, 0.1) is 24.7 Å². The quantitative estimate of drug-likeness (QED) is 0.0593. The summed E-state index contributed by atoms with van der Waals surface area (Å²) in [7, 11) is -1.06. The van der Waals surface area contributed by atoms with Crippen LogP contribution in [-0.4, -0.2) is 71.4 Å². The summed E-state index contributed by atoms with van der Waals surface area (Å²) < 4.78 is 43.9. The number of esters is 2. The summed E-state index contributed by atoms with van der Waals surface area (Å²) in [6.07, 6.45) is 11.1. The van der Waals surface area contributed by atoms with Crippen molar-refractivity contribution in [2.45, 2.75) is 89.8 Å². The molecule has 1 amide bonds. The summed E-state index contributed by atoms with van der Waals surface area (Å²) >= 11 is 0. The summed E-state index contributed by atoms with van der Waals surface area (Å²) in [5.41, 5.74) is 3.28. The zero-order valence-corrected chi connectivity index (χ0v) is 38.3. The third-order valence-corrected chi connectivity index (χ3v) is 11.5. The van der Waals surface area contributed by atoms with E-state index in [0.717, 1.165) is 38.5 Å². The molecule has 0 radical (unpaired) electrons. The van der Waals surface area contributed by atoms with E-state index < -0.39 is 21.7 Å². The Morgan fingerprint density at radius 3 is 1.49 bits per heavy atom. The lowest BCUT2D eigenvalue weighted by Gasteiger charge is -2.30. The van der Waals surface area contributed by atoms with Crippen molar-refractivity contribution in [3.05, 3.63) is 103 Å². The van der Waals surface area contributed by atoms with Crippen molar-refractivity contribution in [1.29, 1.82) is 0 Å². The predicted octanol–water partition coefficient (Wildman–Crippen LogP) is 9.73. The highest BCUT2D eigenvalue weighted by Crippen LogP contribution is 2.36. The first-order chi connectivity index (χ1) is 29.8. The maximum atomic E-state index is 13.1. The number of methoxy groups -OCH3 is 2. The largest absolute Gasteiger partial charge is 0.469 e. The number of ether oxygens (including phenoxy) is 3. The minimum Gasteiger partial charge on any atom is -0.469 e. The SMILES string of the molecule is C#CCN(c1ccc(NC(=O)OC(C)(C)C)c2ccccc12)[C@@H](C)CC(=O)OC.C#CCN(c1ccc(NS(=O)(=O)c2ccc(C(C)C)cc2)c2ccccc12)[C@@H](C)CC(=O)OC. The molecule has 0 saturated heterocycles. The van der Waals surface area contributed by atoms with Gasteiger partial charge in [-0.15, -0.1) is 12.8 Å². The zero-order chi connectivity index (χ0) is 46.5. The molecule has 0 saturated carbocycles. The van der Waals surface area contributed by atoms with E-state index in [2.05, 4.69) is 35.7 Å². The number of rotatable bonds is 15. The van der Waals surface area contributed by atoms with Crippen molar-refractivity contribution >= 4 is 72.3 Å². The van der Waals surface area contributed by atoms with Gasteiger partial charge in [0.25, 0.3) is 10.0 Å². The number of amides is 1. The van der Waals surface area contributed by atoms with E-state index in [1.54, 1.807) is 18.2 Å². The Morgan fingerprint density at radius 2 is 1.08 bits per heavy atom. The van der Waals surface area contributed by atoms with E-state index >= 15 is 0 Å². The second-order valence-corrected chi connectivity index (χ2v) is 17.9. The lowest BCUT2D eigenvalue weighted by atomic mass is 10.0. The van der Waals surface area contributed by atoms with Crippen LogP contribution in [0.4, 0.5) is 27.5 Å². The second-order valence-electron chi connectivity index (χ2n) is 16.2. The van der Waals surface area contributed by atoms with Crippen molar-refractivity contribution in [3.8, 4) is 24.7 Å². The van der Waals surface area contributed by atoms with Crippen LogP contribution in [0.5, 0.6) is 0 Å². The van der Waals surface area contributed by atoms with Crippen LogP contribution < -0.4 is 19.8 Å². The van der Waals surface area contributed by atoms with Crippen LogP contribution in [0.15, 0.2) is 102 Å². The van der Waals surface area contributed by atoms with E-state index in [0.29, 0.717) is 23.8 Å². The molecule has 63 heavy (non-hydrogen) atoms. The number of nitrogens with one attached hydrogen (secondary N) is 2. The third kappa shape index (κ3) is 13.2. The lowest BCUT2D eigenvalue weighted by Crippen LogP contribution is -2.35. The molecule has 0 aliphatic heterocycles. The summed E-state index contributed by atoms with van der Waals surface area (Å²) in [5.74, 6) is 5.00. The van der Waals surface area contributed by atoms with Crippen molar-refractivity contribution in [3.63, 3.8) is 0 Å². The molecule has 0 unspecified atom stereocenters. The van der Waals surface area contributed by atoms with E-state index in [4.69, 9.17) is 27.1 Å². The number of sulfonamides is 1. The molecular formula is C50H58N4O8S. The van der Waals surface area contributed by atoms with Crippen LogP contribution >= 0.6 is 0 Å². The number of hydrogen-bond acceptors (Lipinski definition) is 10. The van der Waals surface area contributed by atoms with Gasteiger partial charge < -0.3 is 24.0 Å². The van der Waals surface area contributed by atoms with E-state index in [1.807, 2.05) is 123 Å². The molecule has 332 valence electrons. The Balaban J connectivity index is 0.000000280. The van der Waals surface area contributed by atoms with Gasteiger partial charge in [-0.1, -0.05) is 86.4 Å². The average Bonchev–Trinajstić information content (AvgIpc) is 3.24. The predicted molar refractivity (Wildman–Crippen MR) is 254 cm³/mol. The molecular weight excluding hydrogens is 817 g/mol. The number of terminal acetylenes is 2. The molecule has 0 bridgehead atoms. The Hall–Kier alpha value is -6.70. The standard InChI is InChI=1S/C27H30N2O4S.C23H28N2O4/c1-6-17-29(20(4)18-27(30)33-5)26-16-15-25(23-9-7-8-10-24(23)26)28-34(31,32)22-13-11-21(12-14-22)19(2)3;1-7-14-25(16(2)15-21(26)28-6)20-13-12-19(17-10-8-9-11-18(17)20)24-22(27)29-23(3,4)5/h1,7-16,19-20,28H,17-18H2,2-5H3;1,8-13,16H,14-15H2,2-6H3,(H,24,27)/t20-;16-/m00/s1. The molecule has 5 rings (SSSR count). The van der Waals surface area contributed by atoms with Gasteiger partial charge >= 0.3 is 18.0 Å². The van der Waals surface area contributed by atoms with Gasteiger partial charge in [0.05, 0.1) is 56.4 Å². The van der Waals surface area contributed by atoms with Crippen LogP contribution in [0.1, 0.15) is 72.8 Å². The number of hydrogen-bond donors (Lipinski definition) is 2. The fourth-order valence-corrected chi connectivity index (χ4v) is 8.02. The fourth-order valence-electron chi connectivity index (χ4n) is 6.94. The molecule has 0 aliphatic carbocycles. The van der Waals surface area contributed by atoms with Crippen molar-refractivity contribution < 1.29 is 37.0 Å². The highest BCUT2D eigenvalue weighted by atomic mass is 32.2. The van der Waals surface area contributed by atoms with Gasteiger partial charge in [-0.2, -0.15) is 0 Å². The Bertz CT molecular complexity index is 2590. The number of carbonyl (C=O) groups excluding carboxylic acids is 3. The van der Waals surface area contributed by atoms with Crippen LogP contribution in [-0.2, 0) is 33.8 Å². The lowest BCUT2D eigenvalue weighted by molar-refractivity contribution is -0.141. The van der Waals surface area contributed by atoms with E-state index in [9.17, 15) is 22.8 Å². The second kappa shape index (κ2) is 21.9. The topological polar surface area (TPSA) is 144 Å². The van der Waals surface area contributed by atoms with E-state index in [1.165, 1.54) is 14.2 Å². The first-order valence-corrected chi connectivity index (χ1v) is 22.0. The van der Waals surface area contributed by atoms with Crippen LogP contribution in [0.2, 0.25) is 0 Å². The van der Waals surface area contributed by atoms with Crippen molar-refractivity contribution in [2.24, 2.45) is 0 Å². The highest BCUT2D eigenvalue weighted by Gasteiger charge is 2.24. The van der Waals surface area contributed by atoms with Gasteiger partial charge in [-0.05, 0) is 82.5 Å². The molecule has 2 N–H and O–H groups in total. The molecule has 5 aromatic carbocycles. The van der Waals surface area contributed by atoms with Gasteiger partial charge in [0.2, 0.25) is 0 Å². The summed E-state index contributed by atoms with van der Waals surface area (Å²) in [6, 6.07) is 29.0. The van der Waals surface area contributed by atoms with Crippen molar-refractivity contribution in [2.75, 3.05) is 47.1 Å². The summed E-state index contributed by atoms with van der Waals surface area (Å²) in [6.45, 7) is 14.0. The monoisotopic (exact) mass is 874 g/mol. The average molecular weight is 875 g/mol. The summed E-state index contributed by atoms with van der Waals surface area (Å²) in [5, 5.41) is 6.13. The maximum absolute atomic E-state index is 13.1. The van der Waals surface area contributed by atoms with Crippen LogP contribution in [0.25, 0.3) is 21.5 Å². The summed E-state index contributed by atoms with van der Waals surface area (Å²) in [4.78, 5) is 40.0. The molecule has 12 nitrogen and oxygen atoms in total. The Morgan fingerprint density at radius 1 is 0.651 bits per heavy atom. The Labute approximate surface area is 372 Å². The number of anilines is 4. The molecule has 0 aliphatic rings. The number of nitrogens with zero attached hydrogens (tertiary/aromatic N) is 2. The van der Waals surface area contributed by atoms with Gasteiger partial charge in [0, 0.05) is 45.0 Å². The number of fused-ring (bicyclic) bond motifs is 2. The molecule has 13 heteroatoms. The smallest absolute Gasteiger partial charge is 0.412 e. The zero-order valence-electron chi connectivity index (χ0n) is 37.5. The normalized spacial score (nSPS) is 12.1. The van der Waals surface area contributed by atoms with Gasteiger partial charge in [-0.25, -0.2) is 13.2 Å². The molecule has 0 spiro atoms. The Kier molecular flexibility index (Phi) is 17.0. The minimum absolute atomic E-state index is 0.161. The molecule has 5 aromatic rings. The number of carbonyl (C=O) groups is 3. The highest BCUT2D eigenvalue weighted by molar-refractivity contribution is 7.92. The number of benzene rings is 5. The third-order valence-electron chi connectivity index (χ3n) is 10.1. The first-order valence-electron chi connectivity index (χ1n) is 20.5. The van der Waals surface area contributed by atoms with Gasteiger partial charge in [0.15, 0.2) is 0 Å². The molecule has 0 fully saturated rings. The van der Waals surface area contributed by atoms with Crippen molar-refractivity contribution in [1.82, 2.24) is 0 Å². The first kappa shape index (κ1) is 49.0. The van der Waals surface area contributed by atoms with Gasteiger partial charge in [0.1, 0.15) is 5.60 Å². The molecule has 2 atom stereocenters. The molecule has 0 heterocycles. The fraction of sp³-hybridized carbons (Fsp3) is 0.340. The van der Waals surface area contributed by atoms with Gasteiger partial charge in [-0.3, -0.25) is 19.6 Å². The maximum Gasteiger partial charge on any atom is 0.412 e. The van der Waals surface area contributed by atoms with E-state index in [-0.39, 0.29) is 48.3 Å². The minimum atomic E-state index is -3.78. The van der Waals surface area contributed by atoms with Crippen LogP contribution in [0.3, 0.4) is 0 Å².